The minimum atomic E-state index is 0.919. The van der Waals surface area contributed by atoms with Crippen LogP contribution in [-0.2, 0) is 0 Å². The highest BCUT2D eigenvalue weighted by Gasteiger charge is 2.22. The summed E-state index contributed by atoms with van der Waals surface area (Å²) in [6, 6.07) is 57.6. The van der Waals surface area contributed by atoms with Gasteiger partial charge in [-0.15, -0.1) is 11.3 Å². The molecule has 0 bridgehead atoms. The van der Waals surface area contributed by atoms with Crippen LogP contribution in [0.5, 0.6) is 0 Å². The van der Waals surface area contributed by atoms with Crippen molar-refractivity contribution in [2.24, 2.45) is 0 Å². The number of furan rings is 1. The molecule has 0 saturated carbocycles. The smallest absolute Gasteiger partial charge is 0.145 e. The van der Waals surface area contributed by atoms with E-state index in [4.69, 9.17) is 4.42 Å². The van der Waals surface area contributed by atoms with Gasteiger partial charge in [0.05, 0.1) is 0 Å². The monoisotopic (exact) mass is 626 g/mol. The summed E-state index contributed by atoms with van der Waals surface area (Å²) in [6.45, 7) is 0. The van der Waals surface area contributed by atoms with E-state index in [1.807, 2.05) is 11.3 Å². The molecule has 0 spiro atoms. The molecule has 11 aromatic rings. The fourth-order valence-corrected chi connectivity index (χ4v) is 9.47. The molecule has 0 N–H and O–H groups in total. The van der Waals surface area contributed by atoms with Crippen LogP contribution in [0.4, 0.5) is 0 Å². The van der Waals surface area contributed by atoms with Crippen molar-refractivity contribution in [3.05, 3.63) is 158 Å². The molecule has 48 heavy (non-hydrogen) atoms. The van der Waals surface area contributed by atoms with E-state index in [9.17, 15) is 0 Å². The molecule has 0 aliphatic rings. The lowest BCUT2D eigenvalue weighted by Gasteiger charge is -2.18. The highest BCUT2D eigenvalue weighted by molar-refractivity contribution is 7.27. The molecule has 2 heterocycles. The average molecular weight is 627 g/mol. The maximum atomic E-state index is 6.83. The molecule has 0 aliphatic heterocycles. The number of fused-ring (bicyclic) bond motifs is 13. The van der Waals surface area contributed by atoms with E-state index < -0.39 is 0 Å². The maximum Gasteiger partial charge on any atom is 0.145 e. The molecule has 0 fully saturated rings. The van der Waals surface area contributed by atoms with Gasteiger partial charge in [-0.1, -0.05) is 140 Å². The van der Waals surface area contributed by atoms with Crippen LogP contribution in [0, 0.1) is 0 Å². The van der Waals surface area contributed by atoms with Crippen LogP contribution in [0.2, 0.25) is 0 Å². The Hall–Kier alpha value is -5.96. The Morgan fingerprint density at radius 1 is 0.396 bits per heavy atom. The zero-order valence-electron chi connectivity index (χ0n) is 25.8. The predicted molar refractivity (Wildman–Crippen MR) is 208 cm³/mol. The second kappa shape index (κ2) is 9.78. The molecule has 1 nitrogen and oxygen atoms in total. The van der Waals surface area contributed by atoms with E-state index in [0.717, 1.165) is 16.6 Å². The molecule has 0 amide bonds. The second-order valence-corrected chi connectivity index (χ2v) is 13.8. The minimum absolute atomic E-state index is 0.919. The first-order valence-corrected chi connectivity index (χ1v) is 17.3. The Labute approximate surface area is 279 Å². The summed E-state index contributed by atoms with van der Waals surface area (Å²) in [5.41, 5.74) is 6.90. The van der Waals surface area contributed by atoms with Crippen molar-refractivity contribution in [3.8, 4) is 22.3 Å². The third kappa shape index (κ3) is 3.50. The lowest BCUT2D eigenvalue weighted by Crippen LogP contribution is -1.91. The van der Waals surface area contributed by atoms with Gasteiger partial charge in [0, 0.05) is 36.3 Å². The SMILES string of the molecule is c1ccc2c(-c3c4ccccc4c(-c4ccc5oc6c(c5c4)c4ccccc4c4sc5ccccc5c64)c4ccccc34)cccc2c1. The molecule has 9 aromatic carbocycles. The van der Waals surface area contributed by atoms with E-state index in [-0.39, 0.29) is 0 Å². The normalized spacial score (nSPS) is 12.2. The summed E-state index contributed by atoms with van der Waals surface area (Å²) < 4.78 is 9.41. The van der Waals surface area contributed by atoms with Crippen LogP contribution in [0.1, 0.15) is 0 Å². The van der Waals surface area contributed by atoms with Gasteiger partial charge in [-0.2, -0.15) is 0 Å². The first kappa shape index (κ1) is 26.1. The third-order valence-electron chi connectivity index (χ3n) is 10.2. The number of hydrogen-bond donors (Lipinski definition) is 0. The lowest BCUT2D eigenvalue weighted by molar-refractivity contribution is 0.673. The van der Waals surface area contributed by atoms with Crippen molar-refractivity contribution in [2.75, 3.05) is 0 Å². The molecule has 11 rings (SSSR count). The standard InChI is InChI=1S/C46H26OS/c1-2-14-29-27(12-1)13-11-22-30(29)42-33-17-5-3-15-31(33)41(32-16-4-6-18-34(32)42)28-24-25-39-38(26-28)43-35-19-7-8-20-36(35)46-44(45(43)47-39)37-21-9-10-23-40(37)48-46/h1-26H. The van der Waals surface area contributed by atoms with Crippen molar-refractivity contribution in [2.45, 2.75) is 0 Å². The van der Waals surface area contributed by atoms with E-state index in [1.165, 1.54) is 90.9 Å². The van der Waals surface area contributed by atoms with Crippen LogP contribution in [-0.4, -0.2) is 0 Å². The van der Waals surface area contributed by atoms with E-state index >= 15 is 0 Å². The van der Waals surface area contributed by atoms with Crippen LogP contribution in [0.15, 0.2) is 162 Å². The van der Waals surface area contributed by atoms with Crippen LogP contribution >= 0.6 is 11.3 Å². The summed E-state index contributed by atoms with van der Waals surface area (Å²) in [7, 11) is 0. The van der Waals surface area contributed by atoms with Crippen LogP contribution in [0.25, 0.3) is 107 Å². The fourth-order valence-electron chi connectivity index (χ4n) is 8.23. The van der Waals surface area contributed by atoms with Gasteiger partial charge >= 0.3 is 0 Å². The summed E-state index contributed by atoms with van der Waals surface area (Å²) >= 11 is 1.86. The number of rotatable bonds is 2. The van der Waals surface area contributed by atoms with Crippen molar-refractivity contribution in [1.29, 1.82) is 0 Å². The zero-order valence-corrected chi connectivity index (χ0v) is 26.6. The van der Waals surface area contributed by atoms with Gasteiger partial charge < -0.3 is 4.42 Å². The van der Waals surface area contributed by atoms with Gasteiger partial charge in [0.25, 0.3) is 0 Å². The van der Waals surface area contributed by atoms with E-state index in [2.05, 4.69) is 158 Å². The second-order valence-electron chi connectivity index (χ2n) is 12.7. The minimum Gasteiger partial charge on any atom is -0.455 e. The predicted octanol–water partition coefficient (Wildman–Crippen LogP) is 13.9. The number of thiophene rings is 1. The van der Waals surface area contributed by atoms with Gasteiger partial charge in [-0.05, 0) is 78.2 Å². The molecule has 0 atom stereocenters. The zero-order chi connectivity index (χ0) is 31.3. The van der Waals surface area contributed by atoms with Gasteiger partial charge in [0.1, 0.15) is 11.2 Å². The molecule has 2 aromatic heterocycles. The van der Waals surface area contributed by atoms with Crippen molar-refractivity contribution < 1.29 is 4.42 Å². The highest BCUT2D eigenvalue weighted by Crippen LogP contribution is 2.49. The quantitative estimate of drug-likeness (QED) is 0.174. The van der Waals surface area contributed by atoms with Gasteiger partial charge in [0.2, 0.25) is 0 Å². The van der Waals surface area contributed by atoms with Gasteiger partial charge in [-0.3, -0.25) is 0 Å². The molecular weight excluding hydrogens is 601 g/mol. The molecule has 0 radical (unpaired) electrons. The van der Waals surface area contributed by atoms with Crippen molar-refractivity contribution >= 4 is 96.5 Å². The molecule has 222 valence electrons. The fraction of sp³-hybridized carbons (Fsp3) is 0. The highest BCUT2D eigenvalue weighted by atomic mass is 32.1. The molecule has 0 saturated heterocycles. The lowest BCUT2D eigenvalue weighted by atomic mass is 9.84. The van der Waals surface area contributed by atoms with E-state index in [1.54, 1.807) is 0 Å². The topological polar surface area (TPSA) is 13.1 Å². The maximum absolute atomic E-state index is 6.83. The Balaban J connectivity index is 1.27. The first-order chi connectivity index (χ1) is 23.8. The van der Waals surface area contributed by atoms with Crippen LogP contribution in [0.3, 0.4) is 0 Å². The summed E-state index contributed by atoms with van der Waals surface area (Å²) in [5.74, 6) is 0. The number of benzene rings is 9. The average Bonchev–Trinajstić information content (AvgIpc) is 3.73. The largest absolute Gasteiger partial charge is 0.455 e. The van der Waals surface area contributed by atoms with Crippen molar-refractivity contribution in [3.63, 3.8) is 0 Å². The van der Waals surface area contributed by atoms with Crippen LogP contribution < -0.4 is 0 Å². The Morgan fingerprint density at radius 2 is 0.979 bits per heavy atom. The molecule has 2 heteroatoms. The number of hydrogen-bond acceptors (Lipinski definition) is 2. The van der Waals surface area contributed by atoms with Gasteiger partial charge in [-0.25, -0.2) is 0 Å². The summed E-state index contributed by atoms with van der Waals surface area (Å²) in [5, 5.41) is 14.9. The molecule has 0 unspecified atom stereocenters. The molecule has 0 aliphatic carbocycles. The third-order valence-corrected chi connectivity index (χ3v) is 11.4. The van der Waals surface area contributed by atoms with Crippen molar-refractivity contribution in [1.82, 2.24) is 0 Å². The Bertz CT molecular complexity index is 3060. The van der Waals surface area contributed by atoms with E-state index in [0.29, 0.717) is 0 Å². The molecular formula is C46H26OS. The Kier molecular flexibility index (Phi) is 5.32. The summed E-state index contributed by atoms with van der Waals surface area (Å²) in [6.07, 6.45) is 0. The first-order valence-electron chi connectivity index (χ1n) is 16.4. The summed E-state index contributed by atoms with van der Waals surface area (Å²) in [4.78, 5) is 0. The Morgan fingerprint density at radius 3 is 1.73 bits per heavy atom. The van der Waals surface area contributed by atoms with Gasteiger partial charge in [0.15, 0.2) is 0 Å².